The van der Waals surface area contributed by atoms with Crippen LogP contribution in [0.15, 0.2) is 52.9 Å². The first-order chi connectivity index (χ1) is 12.1. The number of nitriles is 1. The third kappa shape index (κ3) is 4.15. The lowest BCUT2D eigenvalue weighted by molar-refractivity contribution is 0.628. The van der Waals surface area contributed by atoms with Gasteiger partial charge in [0.2, 0.25) is 0 Å². The number of hydrazone groups is 1. The molecule has 0 saturated carbocycles. The molecule has 1 N–H and O–H groups in total. The Hall–Kier alpha value is -2.46. The Labute approximate surface area is 157 Å². The van der Waals surface area contributed by atoms with Crippen LogP contribution in [0.1, 0.15) is 5.01 Å². The van der Waals surface area contributed by atoms with E-state index >= 15 is 0 Å². The zero-order chi connectivity index (χ0) is 17.8. The second-order valence-electron chi connectivity index (χ2n) is 4.85. The van der Waals surface area contributed by atoms with E-state index in [-0.39, 0.29) is 11.5 Å². The highest BCUT2D eigenvalue weighted by atomic mass is 35.5. The summed E-state index contributed by atoms with van der Waals surface area (Å²) in [5, 5.41) is 16.5. The van der Waals surface area contributed by atoms with E-state index in [0.717, 1.165) is 5.56 Å². The Bertz CT molecular complexity index is 977. The molecule has 0 fully saturated rings. The van der Waals surface area contributed by atoms with Crippen LogP contribution in [0.2, 0.25) is 10.0 Å². The number of hydrogen-bond acceptors (Lipinski definition) is 5. The van der Waals surface area contributed by atoms with Crippen molar-refractivity contribution in [2.45, 2.75) is 0 Å². The molecule has 0 aliphatic heterocycles. The molecule has 8 heteroatoms. The van der Waals surface area contributed by atoms with Gasteiger partial charge in [-0.1, -0.05) is 23.2 Å². The molecule has 0 aliphatic rings. The number of hydrogen-bond donors (Lipinski definition) is 1. The smallest absolute Gasteiger partial charge is 0.196 e. The molecule has 4 nitrogen and oxygen atoms in total. The molecular formula is C17H9Cl2FN4S. The first kappa shape index (κ1) is 17.4. The standard InChI is InChI=1S/C17H9Cl2FN4S/c18-11-3-6-13(19)14(7-11)23-24-15(8-21)17-22-16(9-25-17)10-1-4-12(20)5-2-10/h1-7,9,23H/b24-15+. The summed E-state index contributed by atoms with van der Waals surface area (Å²) < 4.78 is 13.0. The number of anilines is 1. The predicted molar refractivity (Wildman–Crippen MR) is 99.7 cm³/mol. The van der Waals surface area contributed by atoms with Gasteiger partial charge in [-0.15, -0.1) is 11.3 Å². The van der Waals surface area contributed by atoms with E-state index in [1.54, 1.807) is 35.7 Å². The van der Waals surface area contributed by atoms with Crippen LogP contribution >= 0.6 is 34.5 Å². The Morgan fingerprint density at radius 2 is 1.96 bits per heavy atom. The SMILES string of the molecule is N#C/C(=N\Nc1cc(Cl)ccc1Cl)c1nc(-c2ccc(F)cc2)cs1. The number of nitrogens with zero attached hydrogens (tertiary/aromatic N) is 3. The fraction of sp³-hybridized carbons (Fsp3) is 0. The summed E-state index contributed by atoms with van der Waals surface area (Å²) in [6.45, 7) is 0. The molecule has 0 aliphatic carbocycles. The van der Waals surface area contributed by atoms with Crippen LogP contribution in [0.3, 0.4) is 0 Å². The lowest BCUT2D eigenvalue weighted by atomic mass is 10.2. The van der Waals surface area contributed by atoms with Crippen LogP contribution in [0.4, 0.5) is 10.1 Å². The molecule has 124 valence electrons. The quantitative estimate of drug-likeness (QED) is 0.466. The largest absolute Gasteiger partial charge is 0.276 e. The molecule has 0 radical (unpaired) electrons. The van der Waals surface area contributed by atoms with Crippen LogP contribution < -0.4 is 5.43 Å². The van der Waals surface area contributed by atoms with E-state index < -0.39 is 0 Å². The zero-order valence-corrected chi connectivity index (χ0v) is 14.8. The summed E-state index contributed by atoms with van der Waals surface area (Å²) >= 11 is 13.2. The first-order valence-corrected chi connectivity index (χ1v) is 8.61. The second-order valence-corrected chi connectivity index (χ2v) is 6.55. The van der Waals surface area contributed by atoms with E-state index in [4.69, 9.17) is 23.2 Å². The van der Waals surface area contributed by atoms with E-state index in [1.807, 2.05) is 6.07 Å². The van der Waals surface area contributed by atoms with Gasteiger partial charge < -0.3 is 0 Å². The van der Waals surface area contributed by atoms with Crippen molar-refractivity contribution in [3.63, 3.8) is 0 Å². The van der Waals surface area contributed by atoms with Gasteiger partial charge in [-0.3, -0.25) is 5.43 Å². The minimum atomic E-state index is -0.318. The fourth-order valence-electron chi connectivity index (χ4n) is 1.96. The normalized spacial score (nSPS) is 11.2. The summed E-state index contributed by atoms with van der Waals surface area (Å²) in [6, 6.07) is 12.9. The van der Waals surface area contributed by atoms with E-state index in [9.17, 15) is 9.65 Å². The number of rotatable bonds is 4. The number of benzene rings is 2. The van der Waals surface area contributed by atoms with Crippen molar-refractivity contribution < 1.29 is 4.39 Å². The van der Waals surface area contributed by atoms with Gasteiger partial charge in [-0.05, 0) is 42.5 Å². The number of nitrogens with one attached hydrogen (secondary N) is 1. The Morgan fingerprint density at radius 3 is 2.68 bits per heavy atom. The predicted octanol–water partition coefficient (Wildman–Crippen LogP) is 5.60. The lowest BCUT2D eigenvalue weighted by Crippen LogP contribution is -2.01. The van der Waals surface area contributed by atoms with Crippen LogP contribution in [0.5, 0.6) is 0 Å². The minimum absolute atomic E-state index is 0.106. The molecule has 2 aromatic carbocycles. The van der Waals surface area contributed by atoms with Crippen LogP contribution in [0, 0.1) is 17.1 Å². The van der Waals surface area contributed by atoms with Crippen LogP contribution in [-0.2, 0) is 0 Å². The highest BCUT2D eigenvalue weighted by Gasteiger charge is 2.11. The van der Waals surface area contributed by atoms with E-state index in [0.29, 0.717) is 26.4 Å². The lowest BCUT2D eigenvalue weighted by Gasteiger charge is -2.03. The van der Waals surface area contributed by atoms with Crippen molar-refractivity contribution in [2.24, 2.45) is 5.10 Å². The van der Waals surface area contributed by atoms with Gasteiger partial charge >= 0.3 is 0 Å². The first-order valence-electron chi connectivity index (χ1n) is 6.97. The average molecular weight is 391 g/mol. The molecule has 0 unspecified atom stereocenters. The van der Waals surface area contributed by atoms with Gasteiger partial charge in [-0.2, -0.15) is 10.4 Å². The van der Waals surface area contributed by atoms with Gasteiger partial charge in [0, 0.05) is 16.0 Å². The van der Waals surface area contributed by atoms with Crippen molar-refractivity contribution in [3.05, 3.63) is 68.7 Å². The molecule has 0 atom stereocenters. The van der Waals surface area contributed by atoms with Crippen molar-refractivity contribution >= 4 is 45.9 Å². The van der Waals surface area contributed by atoms with Crippen molar-refractivity contribution in [1.82, 2.24) is 4.98 Å². The average Bonchev–Trinajstić information content (AvgIpc) is 3.09. The molecule has 0 bridgehead atoms. The second kappa shape index (κ2) is 7.62. The van der Waals surface area contributed by atoms with E-state index in [2.05, 4.69) is 15.5 Å². The summed E-state index contributed by atoms with van der Waals surface area (Å²) in [6.07, 6.45) is 0. The maximum absolute atomic E-state index is 13.0. The third-order valence-corrected chi connectivity index (χ3v) is 4.58. The van der Waals surface area contributed by atoms with Gasteiger partial charge in [0.15, 0.2) is 10.7 Å². The van der Waals surface area contributed by atoms with Gasteiger partial charge in [0.25, 0.3) is 0 Å². The Balaban J connectivity index is 1.85. The van der Waals surface area contributed by atoms with Gasteiger partial charge in [0.05, 0.1) is 16.4 Å². The number of aromatic nitrogens is 1. The summed E-state index contributed by atoms with van der Waals surface area (Å²) in [5.41, 5.74) is 4.71. The van der Waals surface area contributed by atoms with Crippen LogP contribution in [-0.4, -0.2) is 10.7 Å². The molecule has 3 rings (SSSR count). The minimum Gasteiger partial charge on any atom is -0.276 e. The highest BCUT2D eigenvalue weighted by molar-refractivity contribution is 7.12. The molecule has 0 amide bonds. The summed E-state index contributed by atoms with van der Waals surface area (Å²) in [5.74, 6) is -0.318. The Morgan fingerprint density at radius 1 is 1.20 bits per heavy atom. The number of halogens is 3. The van der Waals surface area contributed by atoms with Crippen LogP contribution in [0.25, 0.3) is 11.3 Å². The van der Waals surface area contributed by atoms with Gasteiger partial charge in [0.1, 0.15) is 11.9 Å². The molecular weight excluding hydrogens is 382 g/mol. The summed E-state index contributed by atoms with van der Waals surface area (Å²) in [4.78, 5) is 4.38. The summed E-state index contributed by atoms with van der Waals surface area (Å²) in [7, 11) is 0. The third-order valence-electron chi connectivity index (χ3n) is 3.17. The molecule has 1 heterocycles. The molecule has 3 aromatic rings. The molecule has 1 aromatic heterocycles. The monoisotopic (exact) mass is 390 g/mol. The maximum atomic E-state index is 13.0. The molecule has 25 heavy (non-hydrogen) atoms. The number of thiazole rings is 1. The highest BCUT2D eigenvalue weighted by Crippen LogP contribution is 2.26. The van der Waals surface area contributed by atoms with Crippen molar-refractivity contribution in [3.8, 4) is 17.3 Å². The molecule has 0 saturated heterocycles. The maximum Gasteiger partial charge on any atom is 0.196 e. The fourth-order valence-corrected chi connectivity index (χ4v) is 3.05. The Kier molecular flexibility index (Phi) is 5.29. The zero-order valence-electron chi connectivity index (χ0n) is 12.5. The van der Waals surface area contributed by atoms with Crippen molar-refractivity contribution in [1.29, 1.82) is 5.26 Å². The van der Waals surface area contributed by atoms with Gasteiger partial charge in [-0.25, -0.2) is 9.37 Å². The topological polar surface area (TPSA) is 61.1 Å². The molecule has 0 spiro atoms. The van der Waals surface area contributed by atoms with E-state index in [1.165, 1.54) is 23.5 Å². The van der Waals surface area contributed by atoms with Crippen molar-refractivity contribution in [2.75, 3.05) is 5.43 Å².